The van der Waals surface area contributed by atoms with Gasteiger partial charge in [-0.2, -0.15) is 0 Å². The molecule has 2 N–H and O–H groups in total. The van der Waals surface area contributed by atoms with Gasteiger partial charge < -0.3 is 10.4 Å². The van der Waals surface area contributed by atoms with E-state index in [-0.39, 0.29) is 6.04 Å². The van der Waals surface area contributed by atoms with Crippen LogP contribution < -0.4 is 5.32 Å². The molecule has 1 heterocycles. The van der Waals surface area contributed by atoms with Crippen molar-refractivity contribution in [1.29, 1.82) is 0 Å². The third kappa shape index (κ3) is 3.86. The maximum atomic E-state index is 10.1. The highest BCUT2D eigenvalue weighted by Crippen LogP contribution is 2.21. The highest BCUT2D eigenvalue weighted by molar-refractivity contribution is 7.11. The quantitative estimate of drug-likeness (QED) is 0.852. The number of hydrogen-bond acceptors (Lipinski definition) is 4. The Balaban J connectivity index is 1.88. The molecule has 0 saturated heterocycles. The summed E-state index contributed by atoms with van der Waals surface area (Å²) in [6.07, 6.45) is 2.48. The number of aryl methyl sites for hydroxylation is 1. The standard InChI is InChI=1S/C15H20N2OS/c1-3-13-9-17-15(19-13)11(2)16-10-14(18)12-7-5-4-6-8-12/h4-9,11,14,16,18H,3,10H2,1-2H3. The van der Waals surface area contributed by atoms with Crippen molar-refractivity contribution in [2.24, 2.45) is 0 Å². The highest BCUT2D eigenvalue weighted by Gasteiger charge is 2.12. The Kier molecular flexibility index (Phi) is 5.07. The molecule has 0 spiro atoms. The topological polar surface area (TPSA) is 45.2 Å². The molecule has 0 aliphatic rings. The first kappa shape index (κ1) is 14.2. The van der Waals surface area contributed by atoms with Crippen LogP contribution in [0, 0.1) is 0 Å². The van der Waals surface area contributed by atoms with Crippen LogP contribution in [0.4, 0.5) is 0 Å². The van der Waals surface area contributed by atoms with Gasteiger partial charge in [-0.3, -0.25) is 0 Å². The molecule has 2 unspecified atom stereocenters. The van der Waals surface area contributed by atoms with E-state index in [1.807, 2.05) is 36.5 Å². The van der Waals surface area contributed by atoms with Crippen LogP contribution in [-0.2, 0) is 6.42 Å². The number of nitrogens with zero attached hydrogens (tertiary/aromatic N) is 1. The molecule has 0 aliphatic heterocycles. The van der Waals surface area contributed by atoms with Crippen LogP contribution >= 0.6 is 11.3 Å². The summed E-state index contributed by atoms with van der Waals surface area (Å²) >= 11 is 1.73. The molecule has 1 aromatic carbocycles. The average molecular weight is 276 g/mol. The van der Waals surface area contributed by atoms with Crippen LogP contribution in [0.1, 0.15) is 41.4 Å². The minimum absolute atomic E-state index is 0.170. The Labute approximate surface area is 118 Å². The number of rotatable bonds is 6. The van der Waals surface area contributed by atoms with Gasteiger partial charge in [0, 0.05) is 17.6 Å². The fraction of sp³-hybridized carbons (Fsp3) is 0.400. The van der Waals surface area contributed by atoms with Gasteiger partial charge in [0.25, 0.3) is 0 Å². The molecule has 0 amide bonds. The number of nitrogens with one attached hydrogen (secondary N) is 1. The summed E-state index contributed by atoms with van der Waals surface area (Å²) in [6, 6.07) is 9.88. The molecule has 1 aromatic heterocycles. The number of aliphatic hydroxyl groups excluding tert-OH is 1. The van der Waals surface area contributed by atoms with Crippen molar-refractivity contribution >= 4 is 11.3 Å². The number of aromatic nitrogens is 1. The molecule has 2 aromatic rings. The summed E-state index contributed by atoms with van der Waals surface area (Å²) < 4.78 is 0. The van der Waals surface area contributed by atoms with Crippen molar-refractivity contribution in [3.8, 4) is 0 Å². The van der Waals surface area contributed by atoms with Crippen LogP contribution in [0.3, 0.4) is 0 Å². The molecule has 3 nitrogen and oxygen atoms in total. The molecule has 4 heteroatoms. The number of benzene rings is 1. The molecule has 0 radical (unpaired) electrons. The lowest BCUT2D eigenvalue weighted by atomic mass is 10.1. The van der Waals surface area contributed by atoms with Crippen molar-refractivity contribution < 1.29 is 5.11 Å². The van der Waals surface area contributed by atoms with Crippen LogP contribution in [0.2, 0.25) is 0 Å². The van der Waals surface area contributed by atoms with Gasteiger partial charge in [-0.1, -0.05) is 37.3 Å². The molecular weight excluding hydrogens is 256 g/mol. The predicted molar refractivity (Wildman–Crippen MR) is 79.3 cm³/mol. The zero-order valence-electron chi connectivity index (χ0n) is 11.3. The lowest BCUT2D eigenvalue weighted by Crippen LogP contribution is -2.24. The van der Waals surface area contributed by atoms with Crippen molar-refractivity contribution in [3.63, 3.8) is 0 Å². The fourth-order valence-electron chi connectivity index (χ4n) is 1.86. The Morgan fingerprint density at radius 1 is 1.32 bits per heavy atom. The van der Waals surface area contributed by atoms with Gasteiger partial charge in [0.1, 0.15) is 5.01 Å². The lowest BCUT2D eigenvalue weighted by Gasteiger charge is -2.15. The van der Waals surface area contributed by atoms with Crippen molar-refractivity contribution in [3.05, 3.63) is 52.0 Å². The number of thiazole rings is 1. The maximum Gasteiger partial charge on any atom is 0.109 e. The summed E-state index contributed by atoms with van der Waals surface area (Å²) in [6.45, 7) is 4.75. The second-order valence-corrected chi connectivity index (χ2v) is 5.72. The van der Waals surface area contributed by atoms with Crippen molar-refractivity contribution in [2.75, 3.05) is 6.54 Å². The van der Waals surface area contributed by atoms with Gasteiger partial charge in [-0.05, 0) is 18.9 Å². The largest absolute Gasteiger partial charge is 0.387 e. The van der Waals surface area contributed by atoms with Gasteiger partial charge in [0.05, 0.1) is 12.1 Å². The zero-order chi connectivity index (χ0) is 13.7. The van der Waals surface area contributed by atoms with E-state index >= 15 is 0 Å². The Hall–Kier alpha value is -1.23. The molecule has 102 valence electrons. The van der Waals surface area contributed by atoms with Gasteiger partial charge >= 0.3 is 0 Å². The van der Waals surface area contributed by atoms with E-state index in [9.17, 15) is 5.11 Å². The maximum absolute atomic E-state index is 10.1. The minimum atomic E-state index is -0.478. The first-order valence-corrected chi connectivity index (χ1v) is 7.43. The van der Waals surface area contributed by atoms with E-state index in [0.717, 1.165) is 17.0 Å². The molecule has 19 heavy (non-hydrogen) atoms. The van der Waals surface area contributed by atoms with Crippen molar-refractivity contribution in [2.45, 2.75) is 32.4 Å². The number of hydrogen-bond donors (Lipinski definition) is 2. The second kappa shape index (κ2) is 6.80. The van der Waals surface area contributed by atoms with Crippen LogP contribution in [0.15, 0.2) is 36.5 Å². The summed E-state index contributed by atoms with van der Waals surface area (Å²) in [5, 5.41) is 14.5. The van der Waals surface area contributed by atoms with Gasteiger partial charge in [-0.25, -0.2) is 4.98 Å². The average Bonchev–Trinajstić information content (AvgIpc) is 2.94. The number of aliphatic hydroxyl groups is 1. The molecular formula is C15H20N2OS. The molecule has 2 rings (SSSR count). The van der Waals surface area contributed by atoms with Crippen molar-refractivity contribution in [1.82, 2.24) is 10.3 Å². The van der Waals surface area contributed by atoms with E-state index in [1.165, 1.54) is 4.88 Å². The Bertz CT molecular complexity index is 498. The fourth-order valence-corrected chi connectivity index (χ4v) is 2.74. The summed E-state index contributed by atoms with van der Waals surface area (Å²) in [4.78, 5) is 5.71. The normalized spacial score (nSPS) is 14.3. The monoisotopic (exact) mass is 276 g/mol. The first-order valence-electron chi connectivity index (χ1n) is 6.61. The van der Waals surface area contributed by atoms with E-state index < -0.39 is 6.10 Å². The molecule has 0 saturated carbocycles. The van der Waals surface area contributed by atoms with E-state index in [0.29, 0.717) is 6.54 Å². The first-order chi connectivity index (χ1) is 9.20. The van der Waals surface area contributed by atoms with Crippen LogP contribution in [0.25, 0.3) is 0 Å². The smallest absolute Gasteiger partial charge is 0.109 e. The summed E-state index contributed by atoms with van der Waals surface area (Å²) in [7, 11) is 0. The third-order valence-electron chi connectivity index (χ3n) is 3.09. The lowest BCUT2D eigenvalue weighted by molar-refractivity contribution is 0.171. The van der Waals surface area contributed by atoms with Gasteiger partial charge in [0.2, 0.25) is 0 Å². The van der Waals surface area contributed by atoms with E-state index in [4.69, 9.17) is 0 Å². The Morgan fingerprint density at radius 3 is 2.68 bits per heavy atom. The summed E-state index contributed by atoms with van der Waals surface area (Å²) in [5.41, 5.74) is 0.940. The highest BCUT2D eigenvalue weighted by atomic mass is 32.1. The predicted octanol–water partition coefficient (Wildman–Crippen LogP) is 3.09. The second-order valence-electron chi connectivity index (χ2n) is 4.57. The van der Waals surface area contributed by atoms with Gasteiger partial charge in [-0.15, -0.1) is 11.3 Å². The summed E-state index contributed by atoms with van der Waals surface area (Å²) in [5.74, 6) is 0. The molecule has 2 atom stereocenters. The van der Waals surface area contributed by atoms with Gasteiger partial charge in [0.15, 0.2) is 0 Å². The zero-order valence-corrected chi connectivity index (χ0v) is 12.2. The van der Waals surface area contributed by atoms with E-state index in [2.05, 4.69) is 24.1 Å². The van der Waals surface area contributed by atoms with Crippen LogP contribution in [-0.4, -0.2) is 16.6 Å². The van der Waals surface area contributed by atoms with E-state index in [1.54, 1.807) is 11.3 Å². The SMILES string of the molecule is CCc1cnc(C(C)NCC(O)c2ccccc2)s1. The molecule has 0 aliphatic carbocycles. The van der Waals surface area contributed by atoms with Crippen LogP contribution in [0.5, 0.6) is 0 Å². The molecule has 0 fully saturated rings. The molecule has 0 bridgehead atoms. The third-order valence-corrected chi connectivity index (χ3v) is 4.42. The minimum Gasteiger partial charge on any atom is -0.387 e. The Morgan fingerprint density at radius 2 is 2.05 bits per heavy atom.